The third-order valence-corrected chi connectivity index (χ3v) is 3.60. The molecule has 6 nitrogen and oxygen atoms in total. The topological polar surface area (TPSA) is 65.1 Å². The fourth-order valence-electron chi connectivity index (χ4n) is 2.33. The van der Waals surface area contributed by atoms with E-state index in [1.54, 1.807) is 11.8 Å². The van der Waals surface area contributed by atoms with Crippen molar-refractivity contribution >= 4 is 11.9 Å². The van der Waals surface area contributed by atoms with Gasteiger partial charge in [-0.3, -0.25) is 9.59 Å². The van der Waals surface area contributed by atoms with E-state index in [1.807, 2.05) is 44.2 Å². The summed E-state index contributed by atoms with van der Waals surface area (Å²) in [5, 5.41) is 0. The fourth-order valence-corrected chi connectivity index (χ4v) is 2.33. The van der Waals surface area contributed by atoms with Crippen LogP contribution in [0.1, 0.15) is 40.0 Å². The molecule has 0 heterocycles. The fraction of sp³-hybridized carbons (Fsp3) is 0.600. The summed E-state index contributed by atoms with van der Waals surface area (Å²) in [6.07, 6.45) is 1.36. The van der Waals surface area contributed by atoms with Gasteiger partial charge < -0.3 is 19.1 Å². The summed E-state index contributed by atoms with van der Waals surface area (Å²) in [5.74, 6) is 0.419. The molecular formula is C20H31NO5. The molecular weight excluding hydrogens is 334 g/mol. The number of carbonyl (C=O) groups is 2. The highest BCUT2D eigenvalue weighted by molar-refractivity contribution is 5.77. The molecule has 0 saturated heterocycles. The van der Waals surface area contributed by atoms with Gasteiger partial charge in [-0.25, -0.2) is 0 Å². The van der Waals surface area contributed by atoms with E-state index < -0.39 is 0 Å². The highest BCUT2D eigenvalue weighted by Gasteiger charge is 2.15. The number of carbonyl (C=O) groups excluding carboxylic acids is 2. The highest BCUT2D eigenvalue weighted by Crippen LogP contribution is 2.09. The molecule has 0 saturated carbocycles. The Labute approximate surface area is 156 Å². The number of nitrogens with zero attached hydrogens (tertiary/aromatic N) is 1. The maximum atomic E-state index is 12.5. The van der Waals surface area contributed by atoms with Crippen LogP contribution in [0.5, 0.6) is 5.75 Å². The highest BCUT2D eigenvalue weighted by atomic mass is 16.5. The summed E-state index contributed by atoms with van der Waals surface area (Å²) in [4.78, 5) is 25.8. The number of benzene rings is 1. The minimum atomic E-state index is -0.288. The Bertz CT molecular complexity index is 518. The molecule has 0 aliphatic rings. The molecule has 6 heteroatoms. The van der Waals surface area contributed by atoms with Gasteiger partial charge in [0.15, 0.2) is 0 Å². The molecule has 0 radical (unpaired) electrons. The number of hydrogen-bond acceptors (Lipinski definition) is 5. The predicted molar refractivity (Wildman–Crippen MR) is 100 cm³/mol. The zero-order valence-electron chi connectivity index (χ0n) is 16.1. The van der Waals surface area contributed by atoms with E-state index in [4.69, 9.17) is 14.2 Å². The van der Waals surface area contributed by atoms with E-state index in [0.717, 1.165) is 12.2 Å². The SMILES string of the molecule is CCOC(=O)CCN(CCCOC(C)C)C(=O)CCOc1ccccc1. The summed E-state index contributed by atoms with van der Waals surface area (Å²) >= 11 is 0. The van der Waals surface area contributed by atoms with Gasteiger partial charge in [0.25, 0.3) is 0 Å². The number of para-hydroxylation sites is 1. The number of amides is 1. The molecule has 0 aliphatic carbocycles. The van der Waals surface area contributed by atoms with Crippen LogP contribution in [0.2, 0.25) is 0 Å². The summed E-state index contributed by atoms with van der Waals surface area (Å²) in [7, 11) is 0. The summed E-state index contributed by atoms with van der Waals surface area (Å²) in [6.45, 7) is 7.86. The van der Waals surface area contributed by atoms with Crippen molar-refractivity contribution in [2.75, 3.05) is 32.9 Å². The average Bonchev–Trinajstić information content (AvgIpc) is 2.62. The van der Waals surface area contributed by atoms with Crippen LogP contribution in [0.3, 0.4) is 0 Å². The standard InChI is InChI=1S/C20H31NO5/c1-4-24-20(23)11-14-21(13-8-15-25-17(2)3)19(22)12-16-26-18-9-6-5-7-10-18/h5-7,9-10,17H,4,8,11-16H2,1-3H3. The van der Waals surface area contributed by atoms with Crippen molar-refractivity contribution < 1.29 is 23.8 Å². The summed E-state index contributed by atoms with van der Waals surface area (Å²) in [5.41, 5.74) is 0. The molecule has 0 aliphatic heterocycles. The summed E-state index contributed by atoms with van der Waals surface area (Å²) < 4.78 is 16.0. The van der Waals surface area contributed by atoms with Crippen molar-refractivity contribution in [3.63, 3.8) is 0 Å². The Morgan fingerprint density at radius 1 is 1.04 bits per heavy atom. The molecule has 0 bridgehead atoms. The van der Waals surface area contributed by atoms with Gasteiger partial charge in [-0.2, -0.15) is 0 Å². The van der Waals surface area contributed by atoms with Crippen LogP contribution in [0.4, 0.5) is 0 Å². The van der Waals surface area contributed by atoms with Crippen LogP contribution in [-0.2, 0) is 19.1 Å². The van der Waals surface area contributed by atoms with E-state index in [-0.39, 0.29) is 30.8 Å². The second kappa shape index (κ2) is 13.2. The van der Waals surface area contributed by atoms with Gasteiger partial charge in [-0.1, -0.05) is 18.2 Å². The van der Waals surface area contributed by atoms with Crippen molar-refractivity contribution in [2.24, 2.45) is 0 Å². The summed E-state index contributed by atoms with van der Waals surface area (Å²) in [6, 6.07) is 9.39. The molecule has 0 aromatic heterocycles. The lowest BCUT2D eigenvalue weighted by molar-refractivity contribution is -0.144. The average molecular weight is 365 g/mol. The van der Waals surface area contributed by atoms with Crippen LogP contribution in [0.15, 0.2) is 30.3 Å². The van der Waals surface area contributed by atoms with Gasteiger partial charge >= 0.3 is 5.97 Å². The lowest BCUT2D eigenvalue weighted by Gasteiger charge is -2.23. The molecule has 1 amide bonds. The lowest BCUT2D eigenvalue weighted by Crippen LogP contribution is -2.35. The Morgan fingerprint density at radius 2 is 1.77 bits per heavy atom. The van der Waals surface area contributed by atoms with Crippen molar-refractivity contribution in [3.8, 4) is 5.75 Å². The maximum Gasteiger partial charge on any atom is 0.307 e. The van der Waals surface area contributed by atoms with E-state index in [1.165, 1.54) is 0 Å². The van der Waals surface area contributed by atoms with Gasteiger partial charge in [-0.15, -0.1) is 0 Å². The van der Waals surface area contributed by atoms with Crippen LogP contribution < -0.4 is 4.74 Å². The number of ether oxygens (including phenoxy) is 3. The molecule has 146 valence electrons. The van der Waals surface area contributed by atoms with E-state index in [2.05, 4.69) is 0 Å². The van der Waals surface area contributed by atoms with Crippen LogP contribution >= 0.6 is 0 Å². The first-order valence-electron chi connectivity index (χ1n) is 9.25. The first-order chi connectivity index (χ1) is 12.5. The Kier molecular flexibility index (Phi) is 11.1. The minimum Gasteiger partial charge on any atom is -0.493 e. The molecule has 0 spiro atoms. The van der Waals surface area contributed by atoms with E-state index >= 15 is 0 Å². The van der Waals surface area contributed by atoms with Gasteiger partial charge in [0, 0.05) is 19.7 Å². The van der Waals surface area contributed by atoms with Gasteiger partial charge in [0.1, 0.15) is 5.75 Å². The molecule has 26 heavy (non-hydrogen) atoms. The predicted octanol–water partition coefficient (Wildman–Crippen LogP) is 3.05. The third kappa shape index (κ3) is 10.0. The second-order valence-corrected chi connectivity index (χ2v) is 6.12. The molecule has 0 unspecified atom stereocenters. The van der Waals surface area contributed by atoms with Gasteiger partial charge in [0.05, 0.1) is 32.2 Å². The number of hydrogen-bond donors (Lipinski definition) is 0. The van der Waals surface area contributed by atoms with Crippen molar-refractivity contribution in [1.29, 1.82) is 0 Å². The number of rotatable bonds is 13. The Hall–Kier alpha value is -2.08. The van der Waals surface area contributed by atoms with Crippen molar-refractivity contribution in [1.82, 2.24) is 4.90 Å². The van der Waals surface area contributed by atoms with Crippen LogP contribution in [0.25, 0.3) is 0 Å². The number of esters is 1. The molecule has 1 aromatic carbocycles. The van der Waals surface area contributed by atoms with E-state index in [9.17, 15) is 9.59 Å². The normalized spacial score (nSPS) is 10.6. The van der Waals surface area contributed by atoms with Crippen LogP contribution in [0, 0.1) is 0 Å². The smallest absolute Gasteiger partial charge is 0.307 e. The molecule has 0 atom stereocenters. The first kappa shape index (κ1) is 22.0. The maximum absolute atomic E-state index is 12.5. The zero-order chi connectivity index (χ0) is 19.2. The van der Waals surface area contributed by atoms with E-state index in [0.29, 0.717) is 32.9 Å². The zero-order valence-corrected chi connectivity index (χ0v) is 16.1. The van der Waals surface area contributed by atoms with Gasteiger partial charge in [-0.05, 0) is 39.3 Å². The largest absolute Gasteiger partial charge is 0.493 e. The lowest BCUT2D eigenvalue weighted by atomic mass is 10.3. The minimum absolute atomic E-state index is 0.0326. The van der Waals surface area contributed by atoms with Crippen molar-refractivity contribution in [2.45, 2.75) is 46.1 Å². The van der Waals surface area contributed by atoms with Gasteiger partial charge in [0.2, 0.25) is 5.91 Å². The molecule has 1 aromatic rings. The second-order valence-electron chi connectivity index (χ2n) is 6.12. The quantitative estimate of drug-likeness (QED) is 0.397. The first-order valence-corrected chi connectivity index (χ1v) is 9.25. The Morgan fingerprint density at radius 3 is 2.42 bits per heavy atom. The van der Waals surface area contributed by atoms with Crippen LogP contribution in [-0.4, -0.2) is 55.8 Å². The monoisotopic (exact) mass is 365 g/mol. The Balaban J connectivity index is 2.43. The molecule has 1 rings (SSSR count). The molecule has 0 fully saturated rings. The molecule has 0 N–H and O–H groups in total. The van der Waals surface area contributed by atoms with Crippen molar-refractivity contribution in [3.05, 3.63) is 30.3 Å². The third-order valence-electron chi connectivity index (χ3n) is 3.60.